The van der Waals surface area contributed by atoms with Crippen LogP contribution in [0.1, 0.15) is 36.6 Å². The number of aryl methyl sites for hydroxylation is 2. The summed E-state index contributed by atoms with van der Waals surface area (Å²) in [6.45, 7) is 3.79. The van der Waals surface area contributed by atoms with Gasteiger partial charge in [0.25, 0.3) is 0 Å². The summed E-state index contributed by atoms with van der Waals surface area (Å²) in [7, 11) is 0. The molecule has 1 aromatic heterocycles. The Kier molecular flexibility index (Phi) is 4.20. The van der Waals surface area contributed by atoms with Gasteiger partial charge in [-0.1, -0.05) is 31.5 Å². The molecule has 0 bridgehead atoms. The number of hydrogen-bond donors (Lipinski definition) is 1. The number of para-hydroxylation sites is 1. The second-order valence-corrected chi connectivity index (χ2v) is 5.66. The molecule has 0 unspecified atom stereocenters. The van der Waals surface area contributed by atoms with E-state index < -0.39 is 0 Å². The van der Waals surface area contributed by atoms with Crippen LogP contribution in [-0.4, -0.2) is 11.5 Å². The van der Waals surface area contributed by atoms with Crippen LogP contribution < -0.4 is 10.6 Å². The van der Waals surface area contributed by atoms with E-state index in [0.29, 0.717) is 6.54 Å². The minimum Gasteiger partial charge on any atom is -0.326 e. The molecule has 0 amide bonds. The second-order valence-electron chi connectivity index (χ2n) is 5.66. The smallest absolute Gasteiger partial charge is 0.133 e. The molecule has 0 spiro atoms. The zero-order valence-electron chi connectivity index (χ0n) is 12.7. The van der Waals surface area contributed by atoms with E-state index in [1.165, 1.54) is 23.2 Å². The van der Waals surface area contributed by atoms with Crippen LogP contribution in [0.15, 0.2) is 36.4 Å². The highest BCUT2D eigenvalue weighted by Gasteiger charge is 2.19. The lowest BCUT2D eigenvalue weighted by Crippen LogP contribution is -2.25. The van der Waals surface area contributed by atoms with Crippen molar-refractivity contribution in [3.05, 3.63) is 53.2 Å². The molecule has 0 fully saturated rings. The van der Waals surface area contributed by atoms with Gasteiger partial charge in [0.05, 0.1) is 0 Å². The Morgan fingerprint density at radius 3 is 2.90 bits per heavy atom. The molecule has 3 rings (SSSR count). The number of nitrogens with two attached hydrogens (primary N) is 1. The van der Waals surface area contributed by atoms with Gasteiger partial charge in [0.1, 0.15) is 5.82 Å². The number of fused-ring (bicyclic) bond motifs is 1. The molecular weight excluding hydrogens is 258 g/mol. The third-order valence-electron chi connectivity index (χ3n) is 4.05. The first-order chi connectivity index (χ1) is 10.3. The van der Waals surface area contributed by atoms with Crippen LogP contribution in [-0.2, 0) is 19.4 Å². The van der Waals surface area contributed by atoms with Gasteiger partial charge >= 0.3 is 0 Å². The molecule has 0 radical (unpaired) electrons. The Morgan fingerprint density at radius 2 is 2.10 bits per heavy atom. The minimum absolute atomic E-state index is 0.571. The SMILES string of the molecule is CCCc1cc(CN)cc(N2CCCc3ccccc32)n1. The highest BCUT2D eigenvalue weighted by Crippen LogP contribution is 2.32. The maximum absolute atomic E-state index is 5.86. The number of rotatable bonds is 4. The molecule has 1 aromatic carbocycles. The summed E-state index contributed by atoms with van der Waals surface area (Å²) in [5.74, 6) is 1.05. The lowest BCUT2D eigenvalue weighted by molar-refractivity contribution is 0.754. The average molecular weight is 281 g/mol. The number of benzene rings is 1. The van der Waals surface area contributed by atoms with Crippen molar-refractivity contribution in [1.29, 1.82) is 0 Å². The zero-order chi connectivity index (χ0) is 14.7. The van der Waals surface area contributed by atoms with Gasteiger partial charge in [-0.2, -0.15) is 0 Å². The molecule has 0 saturated carbocycles. The molecule has 2 heterocycles. The first kappa shape index (κ1) is 14.1. The van der Waals surface area contributed by atoms with Crippen LogP contribution in [0, 0.1) is 0 Å². The molecule has 0 atom stereocenters. The molecule has 1 aliphatic heterocycles. The van der Waals surface area contributed by atoms with Crippen LogP contribution in [0.2, 0.25) is 0 Å². The van der Waals surface area contributed by atoms with Gasteiger partial charge in [0.15, 0.2) is 0 Å². The summed E-state index contributed by atoms with van der Waals surface area (Å²) in [6.07, 6.45) is 4.45. The summed E-state index contributed by atoms with van der Waals surface area (Å²) in [6, 6.07) is 12.9. The van der Waals surface area contributed by atoms with Gasteiger partial charge in [-0.15, -0.1) is 0 Å². The van der Waals surface area contributed by atoms with Crippen LogP contribution in [0.3, 0.4) is 0 Å². The van der Waals surface area contributed by atoms with Gasteiger partial charge in [0, 0.05) is 24.5 Å². The summed E-state index contributed by atoms with van der Waals surface area (Å²) in [4.78, 5) is 7.21. The lowest BCUT2D eigenvalue weighted by Gasteiger charge is -2.31. The maximum Gasteiger partial charge on any atom is 0.133 e. The van der Waals surface area contributed by atoms with Crippen LogP contribution in [0.5, 0.6) is 0 Å². The number of nitrogens with zero attached hydrogens (tertiary/aromatic N) is 2. The molecule has 110 valence electrons. The quantitative estimate of drug-likeness (QED) is 0.931. The topological polar surface area (TPSA) is 42.1 Å². The van der Waals surface area contributed by atoms with Crippen molar-refractivity contribution in [2.45, 2.75) is 39.2 Å². The fourth-order valence-corrected chi connectivity index (χ4v) is 3.05. The average Bonchev–Trinajstić information content (AvgIpc) is 2.54. The van der Waals surface area contributed by atoms with Gasteiger partial charge < -0.3 is 10.6 Å². The number of aromatic nitrogens is 1. The molecule has 0 aliphatic carbocycles. The predicted octanol–water partition coefficient (Wildman–Crippen LogP) is 3.58. The molecule has 3 heteroatoms. The first-order valence-electron chi connectivity index (χ1n) is 7.87. The third-order valence-corrected chi connectivity index (χ3v) is 4.05. The second kappa shape index (κ2) is 6.27. The summed E-state index contributed by atoms with van der Waals surface area (Å²) in [5, 5.41) is 0. The van der Waals surface area contributed by atoms with E-state index in [9.17, 15) is 0 Å². The van der Waals surface area contributed by atoms with Crippen LogP contribution >= 0.6 is 0 Å². The highest BCUT2D eigenvalue weighted by atomic mass is 15.2. The molecule has 1 aliphatic rings. The Hall–Kier alpha value is -1.87. The van der Waals surface area contributed by atoms with Crippen LogP contribution in [0.25, 0.3) is 0 Å². The fraction of sp³-hybridized carbons (Fsp3) is 0.389. The van der Waals surface area contributed by atoms with Crippen molar-refractivity contribution in [2.24, 2.45) is 5.73 Å². The molecule has 2 N–H and O–H groups in total. The Bertz CT molecular complexity index is 622. The van der Waals surface area contributed by atoms with Crippen molar-refractivity contribution in [1.82, 2.24) is 4.98 Å². The standard InChI is InChI=1S/C18H23N3/c1-2-6-16-11-14(13-19)12-18(20-16)21-10-5-8-15-7-3-4-9-17(15)21/h3-4,7,9,11-12H,2,5-6,8,10,13,19H2,1H3. The van der Waals surface area contributed by atoms with E-state index >= 15 is 0 Å². The normalized spacial score (nSPS) is 14.1. The van der Waals surface area contributed by atoms with Crippen LogP contribution in [0.4, 0.5) is 11.5 Å². The number of pyridine rings is 1. The van der Waals surface area contributed by atoms with Crippen molar-refractivity contribution in [2.75, 3.05) is 11.4 Å². The summed E-state index contributed by atoms with van der Waals surface area (Å²) in [5.41, 5.74) is 10.9. The number of hydrogen-bond acceptors (Lipinski definition) is 3. The van der Waals surface area contributed by atoms with Gasteiger partial charge in [-0.3, -0.25) is 0 Å². The Balaban J connectivity index is 2.02. The summed E-state index contributed by atoms with van der Waals surface area (Å²) >= 11 is 0. The zero-order valence-corrected chi connectivity index (χ0v) is 12.7. The van der Waals surface area contributed by atoms with E-state index in [0.717, 1.165) is 37.3 Å². The van der Waals surface area contributed by atoms with E-state index in [1.54, 1.807) is 0 Å². The van der Waals surface area contributed by atoms with E-state index in [2.05, 4.69) is 48.2 Å². The monoisotopic (exact) mass is 281 g/mol. The Morgan fingerprint density at radius 1 is 1.24 bits per heavy atom. The highest BCUT2D eigenvalue weighted by molar-refractivity contribution is 5.65. The van der Waals surface area contributed by atoms with Crippen molar-refractivity contribution >= 4 is 11.5 Å². The van der Waals surface area contributed by atoms with Crippen molar-refractivity contribution in [3.8, 4) is 0 Å². The van der Waals surface area contributed by atoms with Gasteiger partial charge in [-0.25, -0.2) is 4.98 Å². The molecule has 0 saturated heterocycles. The molecule has 2 aromatic rings. The molecule has 21 heavy (non-hydrogen) atoms. The lowest BCUT2D eigenvalue weighted by atomic mass is 10.0. The number of anilines is 2. The minimum atomic E-state index is 0.571. The van der Waals surface area contributed by atoms with Gasteiger partial charge in [0.2, 0.25) is 0 Å². The van der Waals surface area contributed by atoms with Crippen molar-refractivity contribution < 1.29 is 0 Å². The molecular formula is C18H23N3. The third kappa shape index (κ3) is 2.93. The maximum atomic E-state index is 5.86. The molecule has 3 nitrogen and oxygen atoms in total. The predicted molar refractivity (Wildman–Crippen MR) is 87.9 cm³/mol. The summed E-state index contributed by atoms with van der Waals surface area (Å²) < 4.78 is 0. The largest absolute Gasteiger partial charge is 0.326 e. The van der Waals surface area contributed by atoms with E-state index in [-0.39, 0.29) is 0 Å². The van der Waals surface area contributed by atoms with E-state index in [1.807, 2.05) is 0 Å². The van der Waals surface area contributed by atoms with E-state index in [4.69, 9.17) is 10.7 Å². The Labute approximate surface area is 126 Å². The first-order valence-corrected chi connectivity index (χ1v) is 7.87. The van der Waals surface area contributed by atoms with Crippen molar-refractivity contribution in [3.63, 3.8) is 0 Å². The van der Waals surface area contributed by atoms with Gasteiger partial charge in [-0.05, 0) is 48.6 Å². The fourth-order valence-electron chi connectivity index (χ4n) is 3.05.